The van der Waals surface area contributed by atoms with Gasteiger partial charge in [0.15, 0.2) is 6.79 Å². The number of aliphatic hydroxyl groups excluding tert-OH is 1. The summed E-state index contributed by atoms with van der Waals surface area (Å²) in [7, 11) is 0. The van der Waals surface area contributed by atoms with Crippen LogP contribution in [0.25, 0.3) is 0 Å². The molecule has 0 aliphatic rings. The first-order valence-corrected chi connectivity index (χ1v) is 2.47. The molecule has 0 heterocycles. The van der Waals surface area contributed by atoms with E-state index >= 15 is 0 Å². The van der Waals surface area contributed by atoms with E-state index in [1.54, 1.807) is 0 Å². The molecule has 3 nitrogen and oxygen atoms in total. The van der Waals surface area contributed by atoms with Crippen LogP contribution >= 0.6 is 0 Å². The molecule has 9 heavy (non-hydrogen) atoms. The highest BCUT2D eigenvalue weighted by Crippen LogP contribution is 2.12. The molecule has 0 radical (unpaired) electrons. The molecule has 3 heteroatoms. The smallest absolute Gasteiger partial charge is 0.406 e. The lowest BCUT2D eigenvalue weighted by molar-refractivity contribution is -0.158. The van der Waals surface area contributed by atoms with Crippen molar-refractivity contribution in [2.75, 3.05) is 6.79 Å². The second-order valence-electron chi connectivity index (χ2n) is 2.12. The average molecular weight is 130 g/mol. The molecular formula is C6H10O3+2. The topological polar surface area (TPSA) is 46.5 Å². The third kappa shape index (κ3) is 2.87. The van der Waals surface area contributed by atoms with E-state index in [1.165, 1.54) is 6.92 Å². The molecule has 0 unspecified atom stereocenters. The van der Waals surface area contributed by atoms with E-state index in [4.69, 9.17) is 5.11 Å². The maximum absolute atomic E-state index is 10.6. The molecule has 0 aliphatic carbocycles. The quantitative estimate of drug-likeness (QED) is 0.329. The summed E-state index contributed by atoms with van der Waals surface area (Å²) in [5.41, 5.74) is -1.01. The molecule has 0 rings (SSSR count). The van der Waals surface area contributed by atoms with Crippen LogP contribution in [0.2, 0.25) is 0 Å². The number of carbonyl (C=O) groups excluding carboxylic acids is 1. The van der Waals surface area contributed by atoms with Gasteiger partial charge < -0.3 is 9.84 Å². The molecule has 0 aromatic rings. The normalized spacial score (nSPS) is 10.9. The van der Waals surface area contributed by atoms with Crippen LogP contribution in [0, 0.1) is 19.3 Å². The van der Waals surface area contributed by atoms with Crippen molar-refractivity contribution in [3.63, 3.8) is 0 Å². The molecule has 50 valence electrons. The Balaban J connectivity index is 3.74. The number of esters is 1. The minimum absolute atomic E-state index is 0.606. The Hall–Kier alpha value is -0.830. The Kier molecular flexibility index (Phi) is 2.40. The zero-order chi connectivity index (χ0) is 7.49. The lowest BCUT2D eigenvalue weighted by atomic mass is 9.98. The summed E-state index contributed by atoms with van der Waals surface area (Å²) in [6.45, 7) is 7.68. The summed E-state index contributed by atoms with van der Waals surface area (Å²) >= 11 is 0. The van der Waals surface area contributed by atoms with E-state index in [9.17, 15) is 4.79 Å². The molecule has 0 spiro atoms. The SMILES string of the molecule is [CH2+]C([CH2+])(C)C(=O)OCO. The summed E-state index contributed by atoms with van der Waals surface area (Å²) in [6.07, 6.45) is 0. The minimum atomic E-state index is -1.01. The predicted molar refractivity (Wildman–Crippen MR) is 32.0 cm³/mol. The first-order valence-electron chi connectivity index (χ1n) is 2.47. The lowest BCUT2D eigenvalue weighted by Gasteiger charge is -2.01. The van der Waals surface area contributed by atoms with Crippen molar-refractivity contribution in [1.29, 1.82) is 0 Å². The number of hydrogen-bond acceptors (Lipinski definition) is 3. The number of carbonyl (C=O) groups is 1. The van der Waals surface area contributed by atoms with Crippen LogP contribution in [0.1, 0.15) is 6.92 Å². The van der Waals surface area contributed by atoms with E-state index in [2.05, 4.69) is 18.6 Å². The van der Waals surface area contributed by atoms with Gasteiger partial charge in [0.05, 0.1) is 0 Å². The van der Waals surface area contributed by atoms with Gasteiger partial charge in [-0.1, -0.05) is 0 Å². The fraction of sp³-hybridized carbons (Fsp3) is 0.500. The van der Waals surface area contributed by atoms with Gasteiger partial charge in [-0.15, -0.1) is 0 Å². The van der Waals surface area contributed by atoms with Gasteiger partial charge >= 0.3 is 11.4 Å². The Morgan fingerprint density at radius 2 is 2.22 bits per heavy atom. The first-order chi connectivity index (χ1) is 3.98. The standard InChI is InChI=1S/C6H10O3/c1-6(2,3)5(8)9-4-7/h7H,1-2,4H2,3H3/q+2. The fourth-order valence-electron chi connectivity index (χ4n) is 0.233. The van der Waals surface area contributed by atoms with Crippen molar-refractivity contribution in [3.05, 3.63) is 13.8 Å². The fourth-order valence-corrected chi connectivity index (χ4v) is 0.233. The van der Waals surface area contributed by atoms with Crippen molar-refractivity contribution >= 4 is 5.97 Å². The van der Waals surface area contributed by atoms with Crippen LogP contribution in [0.15, 0.2) is 0 Å². The largest absolute Gasteiger partial charge is 0.432 e. The van der Waals surface area contributed by atoms with E-state index in [1.807, 2.05) is 0 Å². The van der Waals surface area contributed by atoms with Crippen molar-refractivity contribution in [1.82, 2.24) is 0 Å². The van der Waals surface area contributed by atoms with Gasteiger partial charge in [0.2, 0.25) is 0 Å². The molecule has 0 atom stereocenters. The predicted octanol–water partition coefficient (Wildman–Crippen LogP) is 0.154. The Labute approximate surface area is 54.6 Å². The Morgan fingerprint density at radius 3 is 2.33 bits per heavy atom. The van der Waals surface area contributed by atoms with Gasteiger partial charge in [-0.25, -0.2) is 4.79 Å². The number of aliphatic hydroxyl groups is 1. The second kappa shape index (κ2) is 2.64. The number of rotatable bonds is 2. The number of ether oxygens (including phenoxy) is 1. The minimum Gasteiger partial charge on any atom is -0.432 e. The highest BCUT2D eigenvalue weighted by atomic mass is 16.6. The van der Waals surface area contributed by atoms with Gasteiger partial charge in [0.25, 0.3) is 0 Å². The van der Waals surface area contributed by atoms with E-state index in [-0.39, 0.29) is 0 Å². The zero-order valence-electron chi connectivity index (χ0n) is 5.39. The first kappa shape index (κ1) is 8.17. The van der Waals surface area contributed by atoms with Crippen LogP contribution in [0.5, 0.6) is 0 Å². The maximum atomic E-state index is 10.6. The van der Waals surface area contributed by atoms with E-state index in [0.717, 1.165) is 0 Å². The molecule has 0 amide bonds. The molecule has 0 saturated heterocycles. The summed E-state index contributed by atoms with van der Waals surface area (Å²) in [6, 6.07) is 0. The molecule has 0 aromatic heterocycles. The summed E-state index contributed by atoms with van der Waals surface area (Å²) in [5.74, 6) is -0.606. The molecule has 0 aromatic carbocycles. The Morgan fingerprint density at radius 1 is 1.78 bits per heavy atom. The van der Waals surface area contributed by atoms with E-state index in [0.29, 0.717) is 0 Å². The van der Waals surface area contributed by atoms with Gasteiger partial charge in [0, 0.05) is 6.92 Å². The maximum Gasteiger partial charge on any atom is 0.406 e. The van der Waals surface area contributed by atoms with Gasteiger partial charge in [-0.3, -0.25) is 0 Å². The summed E-state index contributed by atoms with van der Waals surface area (Å²) in [5, 5.41) is 8.10. The van der Waals surface area contributed by atoms with Gasteiger partial charge in [-0.2, -0.15) is 0 Å². The molecule has 0 fully saturated rings. The third-order valence-electron chi connectivity index (χ3n) is 0.688. The molecule has 0 aliphatic heterocycles. The second-order valence-corrected chi connectivity index (χ2v) is 2.12. The average Bonchev–Trinajstić information content (AvgIpc) is 1.64. The monoisotopic (exact) mass is 130 g/mol. The highest BCUT2D eigenvalue weighted by Gasteiger charge is 2.38. The van der Waals surface area contributed by atoms with Crippen LogP contribution < -0.4 is 0 Å². The summed E-state index contributed by atoms with van der Waals surface area (Å²) < 4.78 is 4.20. The van der Waals surface area contributed by atoms with Gasteiger partial charge in [-0.05, 0) is 0 Å². The zero-order valence-corrected chi connectivity index (χ0v) is 5.39. The van der Waals surface area contributed by atoms with Crippen molar-refractivity contribution in [2.24, 2.45) is 5.41 Å². The number of hydrogen-bond donors (Lipinski definition) is 1. The van der Waals surface area contributed by atoms with Crippen molar-refractivity contribution in [2.45, 2.75) is 6.92 Å². The molecule has 0 saturated carbocycles. The van der Waals surface area contributed by atoms with Crippen LogP contribution in [0.4, 0.5) is 0 Å². The van der Waals surface area contributed by atoms with Crippen LogP contribution in [-0.2, 0) is 9.53 Å². The van der Waals surface area contributed by atoms with Crippen molar-refractivity contribution in [3.8, 4) is 0 Å². The highest BCUT2D eigenvalue weighted by molar-refractivity contribution is 5.77. The Bertz CT molecular complexity index is 101. The third-order valence-corrected chi connectivity index (χ3v) is 0.688. The molecule has 0 bridgehead atoms. The molecular weight excluding hydrogens is 120 g/mol. The summed E-state index contributed by atoms with van der Waals surface area (Å²) in [4.78, 5) is 10.6. The van der Waals surface area contributed by atoms with Crippen LogP contribution in [0.3, 0.4) is 0 Å². The van der Waals surface area contributed by atoms with E-state index < -0.39 is 18.2 Å². The van der Waals surface area contributed by atoms with Crippen molar-refractivity contribution < 1.29 is 14.6 Å². The molecule has 1 N–H and O–H groups in total. The van der Waals surface area contributed by atoms with Gasteiger partial charge in [0.1, 0.15) is 13.8 Å². The van der Waals surface area contributed by atoms with Crippen LogP contribution in [-0.4, -0.2) is 17.9 Å². The lowest BCUT2D eigenvalue weighted by Crippen LogP contribution is -2.23.